The summed E-state index contributed by atoms with van der Waals surface area (Å²) in [5.74, 6) is 0.336. The van der Waals surface area contributed by atoms with E-state index in [1.165, 1.54) is 13.3 Å². The molecule has 0 spiro atoms. The molecule has 0 radical (unpaired) electrons. The van der Waals surface area contributed by atoms with E-state index >= 15 is 0 Å². The molecule has 7 nitrogen and oxygen atoms in total. The standard InChI is InChI=1S/C18H19N3O4/c1-24-15-6-4-3-5-14(15)21-11-12(9-17(21)22)18(23)20-13-7-8-16(25-2)19-10-13/h3-8,10,12H,9,11H2,1-2H3,(H,20,23). The highest BCUT2D eigenvalue weighted by Crippen LogP contribution is 2.33. The van der Waals surface area contributed by atoms with Gasteiger partial charge >= 0.3 is 0 Å². The normalized spacial score (nSPS) is 16.6. The highest BCUT2D eigenvalue weighted by Gasteiger charge is 2.36. The van der Waals surface area contributed by atoms with Gasteiger partial charge in [0.25, 0.3) is 0 Å². The molecular weight excluding hydrogens is 322 g/mol. The number of amides is 2. The van der Waals surface area contributed by atoms with Crippen molar-refractivity contribution in [3.05, 3.63) is 42.6 Å². The van der Waals surface area contributed by atoms with Gasteiger partial charge in [-0.15, -0.1) is 0 Å². The fraction of sp³-hybridized carbons (Fsp3) is 0.278. The highest BCUT2D eigenvalue weighted by molar-refractivity contribution is 6.04. The smallest absolute Gasteiger partial charge is 0.229 e. The first-order valence-electron chi connectivity index (χ1n) is 7.86. The summed E-state index contributed by atoms with van der Waals surface area (Å²) in [5.41, 5.74) is 1.24. The Bertz CT molecular complexity index is 776. The van der Waals surface area contributed by atoms with E-state index in [-0.39, 0.29) is 18.2 Å². The second-order valence-corrected chi connectivity index (χ2v) is 5.66. The van der Waals surface area contributed by atoms with Crippen molar-refractivity contribution < 1.29 is 19.1 Å². The van der Waals surface area contributed by atoms with Crippen molar-refractivity contribution in [1.29, 1.82) is 0 Å². The van der Waals surface area contributed by atoms with Crippen LogP contribution in [0.4, 0.5) is 11.4 Å². The number of hydrogen-bond donors (Lipinski definition) is 1. The lowest BCUT2D eigenvalue weighted by atomic mass is 10.1. The molecular formula is C18H19N3O4. The van der Waals surface area contributed by atoms with E-state index in [4.69, 9.17) is 9.47 Å². The monoisotopic (exact) mass is 341 g/mol. The van der Waals surface area contributed by atoms with E-state index in [2.05, 4.69) is 10.3 Å². The summed E-state index contributed by atoms with van der Waals surface area (Å²) in [6.07, 6.45) is 1.68. The third-order valence-corrected chi connectivity index (χ3v) is 4.08. The highest BCUT2D eigenvalue weighted by atomic mass is 16.5. The summed E-state index contributed by atoms with van der Waals surface area (Å²) in [7, 11) is 3.08. The molecule has 1 aromatic heterocycles. The number of anilines is 2. The molecule has 25 heavy (non-hydrogen) atoms. The van der Waals surface area contributed by atoms with E-state index in [1.54, 1.807) is 30.2 Å². The Morgan fingerprint density at radius 1 is 1.20 bits per heavy atom. The number of ether oxygens (including phenoxy) is 2. The number of hydrogen-bond acceptors (Lipinski definition) is 5. The molecule has 0 bridgehead atoms. The van der Waals surface area contributed by atoms with Gasteiger partial charge in [0.05, 0.1) is 37.7 Å². The molecule has 2 heterocycles. The second kappa shape index (κ2) is 7.21. The van der Waals surface area contributed by atoms with Crippen LogP contribution >= 0.6 is 0 Å². The summed E-state index contributed by atoms with van der Waals surface area (Å²) in [4.78, 5) is 30.5. The second-order valence-electron chi connectivity index (χ2n) is 5.66. The lowest BCUT2D eigenvalue weighted by molar-refractivity contribution is -0.122. The minimum atomic E-state index is -0.431. The van der Waals surface area contributed by atoms with Crippen LogP contribution in [0.3, 0.4) is 0 Å². The largest absolute Gasteiger partial charge is 0.495 e. The van der Waals surface area contributed by atoms with Crippen molar-refractivity contribution in [2.45, 2.75) is 6.42 Å². The van der Waals surface area contributed by atoms with Crippen molar-refractivity contribution in [3.8, 4) is 11.6 Å². The molecule has 2 amide bonds. The average molecular weight is 341 g/mol. The molecule has 3 rings (SSSR count). The summed E-state index contributed by atoms with van der Waals surface area (Å²) in [6.45, 7) is 0.314. The predicted molar refractivity (Wildman–Crippen MR) is 92.9 cm³/mol. The molecule has 1 aliphatic rings. The van der Waals surface area contributed by atoms with Crippen LogP contribution in [0.15, 0.2) is 42.6 Å². The van der Waals surface area contributed by atoms with Crippen LogP contribution in [0, 0.1) is 5.92 Å². The maximum atomic E-state index is 12.5. The van der Waals surface area contributed by atoms with Gasteiger partial charge in [0.2, 0.25) is 17.7 Å². The fourth-order valence-electron chi connectivity index (χ4n) is 2.79. The van der Waals surface area contributed by atoms with Crippen molar-refractivity contribution >= 4 is 23.2 Å². The van der Waals surface area contributed by atoms with Gasteiger partial charge in [0, 0.05) is 19.0 Å². The first kappa shape index (κ1) is 16.8. The third kappa shape index (κ3) is 3.55. The lowest BCUT2D eigenvalue weighted by Gasteiger charge is -2.19. The van der Waals surface area contributed by atoms with E-state index in [0.29, 0.717) is 29.5 Å². The summed E-state index contributed by atoms with van der Waals surface area (Å²) >= 11 is 0. The van der Waals surface area contributed by atoms with Gasteiger partial charge in [-0.25, -0.2) is 4.98 Å². The average Bonchev–Trinajstić information content (AvgIpc) is 3.04. The quantitative estimate of drug-likeness (QED) is 0.901. The van der Waals surface area contributed by atoms with Gasteiger partial charge in [-0.1, -0.05) is 12.1 Å². The topological polar surface area (TPSA) is 80.8 Å². The number of aromatic nitrogens is 1. The van der Waals surface area contributed by atoms with Gasteiger partial charge in [-0.3, -0.25) is 9.59 Å². The van der Waals surface area contributed by atoms with Crippen LogP contribution in [-0.4, -0.2) is 37.6 Å². The van der Waals surface area contributed by atoms with E-state index < -0.39 is 5.92 Å². The molecule has 2 aromatic rings. The SMILES string of the molecule is COc1ccc(NC(=O)C2CC(=O)N(c3ccccc3OC)C2)cn1. The Hall–Kier alpha value is -3.09. The zero-order chi connectivity index (χ0) is 17.8. The first-order chi connectivity index (χ1) is 12.1. The third-order valence-electron chi connectivity index (χ3n) is 4.08. The van der Waals surface area contributed by atoms with E-state index in [0.717, 1.165) is 0 Å². The number of nitrogens with zero attached hydrogens (tertiary/aromatic N) is 2. The van der Waals surface area contributed by atoms with E-state index in [9.17, 15) is 9.59 Å². The Morgan fingerprint density at radius 3 is 2.68 bits per heavy atom. The molecule has 1 aliphatic heterocycles. The zero-order valence-electron chi connectivity index (χ0n) is 14.1. The van der Waals surface area contributed by atoms with Crippen LogP contribution in [-0.2, 0) is 9.59 Å². The van der Waals surface area contributed by atoms with Crippen molar-refractivity contribution in [2.24, 2.45) is 5.92 Å². The molecule has 1 saturated heterocycles. The van der Waals surface area contributed by atoms with Crippen LogP contribution < -0.4 is 19.7 Å². The maximum Gasteiger partial charge on any atom is 0.229 e. The zero-order valence-corrected chi connectivity index (χ0v) is 14.1. The predicted octanol–water partition coefficient (Wildman–Crippen LogP) is 2.09. The van der Waals surface area contributed by atoms with Crippen LogP contribution in [0.5, 0.6) is 11.6 Å². The van der Waals surface area contributed by atoms with Crippen molar-refractivity contribution in [2.75, 3.05) is 31.0 Å². The molecule has 1 unspecified atom stereocenters. The number of nitrogens with one attached hydrogen (secondary N) is 1. The number of carbonyl (C=O) groups is 2. The number of carbonyl (C=O) groups excluding carboxylic acids is 2. The molecule has 1 N–H and O–H groups in total. The fourth-order valence-corrected chi connectivity index (χ4v) is 2.79. The maximum absolute atomic E-state index is 12.5. The van der Waals surface area contributed by atoms with Crippen LogP contribution in [0.1, 0.15) is 6.42 Å². The molecule has 0 aliphatic carbocycles. The molecule has 1 atom stereocenters. The number of rotatable bonds is 5. The molecule has 130 valence electrons. The first-order valence-corrected chi connectivity index (χ1v) is 7.86. The summed E-state index contributed by atoms with van der Waals surface area (Å²) in [5, 5.41) is 2.79. The molecule has 1 aromatic carbocycles. The van der Waals surface area contributed by atoms with Gasteiger partial charge in [0.15, 0.2) is 0 Å². The van der Waals surface area contributed by atoms with Gasteiger partial charge < -0.3 is 19.7 Å². The molecule has 0 saturated carbocycles. The van der Waals surface area contributed by atoms with Gasteiger partial charge in [-0.2, -0.15) is 0 Å². The number of benzene rings is 1. The molecule has 7 heteroatoms. The van der Waals surface area contributed by atoms with Crippen LogP contribution in [0.2, 0.25) is 0 Å². The minimum Gasteiger partial charge on any atom is -0.495 e. The van der Waals surface area contributed by atoms with Gasteiger partial charge in [-0.05, 0) is 18.2 Å². The van der Waals surface area contributed by atoms with Crippen molar-refractivity contribution in [3.63, 3.8) is 0 Å². The van der Waals surface area contributed by atoms with Crippen LogP contribution in [0.25, 0.3) is 0 Å². The minimum absolute atomic E-state index is 0.0995. The molecule has 1 fully saturated rings. The Morgan fingerprint density at radius 2 is 2.00 bits per heavy atom. The summed E-state index contributed by atoms with van der Waals surface area (Å²) in [6, 6.07) is 10.6. The lowest BCUT2D eigenvalue weighted by Crippen LogP contribution is -2.28. The van der Waals surface area contributed by atoms with Crippen molar-refractivity contribution in [1.82, 2.24) is 4.98 Å². The number of methoxy groups -OCH3 is 2. The summed E-state index contributed by atoms with van der Waals surface area (Å²) < 4.78 is 10.3. The number of para-hydroxylation sites is 2. The Labute approximate surface area is 145 Å². The Balaban J connectivity index is 1.70. The van der Waals surface area contributed by atoms with Gasteiger partial charge in [0.1, 0.15) is 5.75 Å². The van der Waals surface area contributed by atoms with E-state index in [1.807, 2.05) is 18.2 Å². The Kier molecular flexibility index (Phi) is 4.83. The number of pyridine rings is 1.